The van der Waals surface area contributed by atoms with Gasteiger partial charge in [0.25, 0.3) is 5.91 Å². The van der Waals surface area contributed by atoms with Crippen molar-refractivity contribution in [2.24, 2.45) is 5.92 Å². The standard InChI is InChI=1S/C21H26N4O4S2/c1-14-19(20(26)24-31(3,27)28)23-21(30-14)25(17-9-7-15(12-22)8-10-17)13-16-5-4-6-18(11-16)29-2/h7-10,16,18H,4-6,11,13H2,1-3H3,(H,24,26). The second-order valence-corrected chi connectivity index (χ2v) is 10.7. The highest BCUT2D eigenvalue weighted by atomic mass is 32.2. The Morgan fingerprint density at radius 2 is 2.06 bits per heavy atom. The summed E-state index contributed by atoms with van der Waals surface area (Å²) in [6.07, 6.45) is 5.31. The summed E-state index contributed by atoms with van der Waals surface area (Å²) in [5.41, 5.74) is 1.52. The van der Waals surface area contributed by atoms with Crippen LogP contribution in [0.2, 0.25) is 0 Å². The number of rotatable bonds is 7. The number of ether oxygens (including phenoxy) is 1. The van der Waals surface area contributed by atoms with Crippen LogP contribution in [0.3, 0.4) is 0 Å². The van der Waals surface area contributed by atoms with E-state index >= 15 is 0 Å². The largest absolute Gasteiger partial charge is 0.381 e. The minimum absolute atomic E-state index is 0.0995. The zero-order valence-corrected chi connectivity index (χ0v) is 19.4. The van der Waals surface area contributed by atoms with Crippen LogP contribution in [0, 0.1) is 24.2 Å². The van der Waals surface area contributed by atoms with E-state index < -0.39 is 15.9 Å². The van der Waals surface area contributed by atoms with Gasteiger partial charge in [-0.3, -0.25) is 4.79 Å². The van der Waals surface area contributed by atoms with Crippen LogP contribution in [0.4, 0.5) is 10.8 Å². The van der Waals surface area contributed by atoms with E-state index in [0.29, 0.717) is 28.0 Å². The predicted molar refractivity (Wildman–Crippen MR) is 120 cm³/mol. The smallest absolute Gasteiger partial charge is 0.284 e. The summed E-state index contributed by atoms with van der Waals surface area (Å²) >= 11 is 1.34. The Kier molecular flexibility index (Phi) is 7.30. The maximum Gasteiger partial charge on any atom is 0.284 e. The molecule has 3 rings (SSSR count). The summed E-state index contributed by atoms with van der Waals surface area (Å²) in [6, 6.07) is 9.34. The second-order valence-electron chi connectivity index (χ2n) is 7.76. The van der Waals surface area contributed by atoms with E-state index in [1.165, 1.54) is 11.3 Å². The lowest BCUT2D eigenvalue weighted by Gasteiger charge is -2.32. The van der Waals surface area contributed by atoms with E-state index in [-0.39, 0.29) is 11.8 Å². The fourth-order valence-electron chi connectivity index (χ4n) is 3.81. The van der Waals surface area contributed by atoms with Crippen molar-refractivity contribution in [3.05, 3.63) is 40.4 Å². The molecule has 1 heterocycles. The summed E-state index contributed by atoms with van der Waals surface area (Å²) in [5.74, 6) is -0.355. The van der Waals surface area contributed by atoms with E-state index in [4.69, 9.17) is 10.00 Å². The molecule has 0 radical (unpaired) electrons. The number of aromatic nitrogens is 1. The van der Waals surface area contributed by atoms with Crippen molar-refractivity contribution in [1.82, 2.24) is 9.71 Å². The summed E-state index contributed by atoms with van der Waals surface area (Å²) < 4.78 is 30.5. The predicted octanol–water partition coefficient (Wildman–Crippen LogP) is 3.36. The first-order valence-corrected chi connectivity index (χ1v) is 12.7. The number of carbonyl (C=O) groups is 1. The minimum atomic E-state index is -3.68. The van der Waals surface area contributed by atoms with Crippen LogP contribution >= 0.6 is 11.3 Å². The Morgan fingerprint density at radius 3 is 2.68 bits per heavy atom. The van der Waals surface area contributed by atoms with Crippen molar-refractivity contribution >= 4 is 38.1 Å². The Hall–Kier alpha value is -2.48. The molecule has 2 atom stereocenters. The summed E-state index contributed by atoms with van der Waals surface area (Å²) in [7, 11) is -1.95. The number of methoxy groups -OCH3 is 1. The number of thiazole rings is 1. The third kappa shape index (κ3) is 6.03. The van der Waals surface area contributed by atoms with Crippen LogP contribution in [0.1, 0.15) is 46.6 Å². The lowest BCUT2D eigenvalue weighted by molar-refractivity contribution is 0.0524. The molecule has 1 aromatic carbocycles. The number of hydrogen-bond donors (Lipinski definition) is 1. The van der Waals surface area contributed by atoms with Crippen LogP contribution in [-0.4, -0.2) is 45.3 Å². The van der Waals surface area contributed by atoms with Gasteiger partial charge in [-0.05, 0) is 56.4 Å². The van der Waals surface area contributed by atoms with Crippen molar-refractivity contribution in [3.8, 4) is 6.07 Å². The van der Waals surface area contributed by atoms with E-state index in [9.17, 15) is 13.2 Å². The average molecular weight is 463 g/mol. The van der Waals surface area contributed by atoms with Crippen LogP contribution in [0.15, 0.2) is 24.3 Å². The molecule has 0 saturated heterocycles. The molecule has 1 aliphatic carbocycles. The molecule has 0 spiro atoms. The number of carbonyl (C=O) groups excluding carboxylic acids is 1. The van der Waals surface area contributed by atoms with Gasteiger partial charge in [-0.25, -0.2) is 18.1 Å². The topological polar surface area (TPSA) is 112 Å². The number of amides is 1. The summed E-state index contributed by atoms with van der Waals surface area (Å²) in [5, 5.41) is 9.73. The van der Waals surface area contributed by atoms with E-state index in [2.05, 4.69) is 11.1 Å². The maximum atomic E-state index is 12.4. The van der Waals surface area contributed by atoms with Crippen molar-refractivity contribution in [3.63, 3.8) is 0 Å². The molecule has 0 aliphatic heterocycles. The lowest BCUT2D eigenvalue weighted by atomic mass is 9.86. The molecule has 31 heavy (non-hydrogen) atoms. The number of benzene rings is 1. The van der Waals surface area contributed by atoms with Gasteiger partial charge < -0.3 is 9.64 Å². The number of sulfonamides is 1. The average Bonchev–Trinajstić information content (AvgIpc) is 3.12. The highest BCUT2D eigenvalue weighted by Gasteiger charge is 2.27. The van der Waals surface area contributed by atoms with Gasteiger partial charge in [0, 0.05) is 24.2 Å². The number of nitriles is 1. The fourth-order valence-corrected chi connectivity index (χ4v) is 5.18. The molecule has 1 aliphatic rings. The molecule has 166 valence electrons. The van der Waals surface area contributed by atoms with Gasteiger partial charge in [0.1, 0.15) is 5.69 Å². The molecule has 1 saturated carbocycles. The van der Waals surface area contributed by atoms with Gasteiger partial charge in [0.05, 0.1) is 24.0 Å². The molecule has 1 fully saturated rings. The first-order chi connectivity index (χ1) is 14.7. The van der Waals surface area contributed by atoms with Crippen LogP contribution < -0.4 is 9.62 Å². The Balaban J connectivity index is 1.93. The molecule has 8 nitrogen and oxygen atoms in total. The lowest BCUT2D eigenvalue weighted by Crippen LogP contribution is -2.32. The highest BCUT2D eigenvalue weighted by molar-refractivity contribution is 7.89. The first-order valence-electron chi connectivity index (χ1n) is 10.00. The van der Waals surface area contributed by atoms with Gasteiger partial charge in [0.2, 0.25) is 10.0 Å². The van der Waals surface area contributed by atoms with Crippen LogP contribution in [0.5, 0.6) is 0 Å². The van der Waals surface area contributed by atoms with E-state index in [0.717, 1.165) is 37.6 Å². The van der Waals surface area contributed by atoms with Crippen molar-refractivity contribution < 1.29 is 17.9 Å². The monoisotopic (exact) mass is 462 g/mol. The fraction of sp³-hybridized carbons (Fsp3) is 0.476. The molecule has 1 amide bonds. The van der Waals surface area contributed by atoms with Gasteiger partial charge in [0.15, 0.2) is 5.13 Å². The van der Waals surface area contributed by atoms with E-state index in [1.807, 2.05) is 21.8 Å². The van der Waals surface area contributed by atoms with Gasteiger partial charge in [-0.1, -0.05) is 6.42 Å². The van der Waals surface area contributed by atoms with E-state index in [1.54, 1.807) is 26.2 Å². The second kappa shape index (κ2) is 9.77. The Morgan fingerprint density at radius 1 is 1.35 bits per heavy atom. The van der Waals surface area contributed by atoms with Crippen LogP contribution in [-0.2, 0) is 14.8 Å². The zero-order valence-electron chi connectivity index (χ0n) is 17.8. The molecule has 1 N–H and O–H groups in total. The summed E-state index contributed by atoms with van der Waals surface area (Å²) in [6.45, 7) is 2.43. The number of hydrogen-bond acceptors (Lipinski definition) is 8. The molecular weight excluding hydrogens is 436 g/mol. The number of aryl methyl sites for hydroxylation is 1. The first kappa shape index (κ1) is 23.2. The van der Waals surface area contributed by atoms with Gasteiger partial charge in [-0.15, -0.1) is 11.3 Å². The van der Waals surface area contributed by atoms with Gasteiger partial charge >= 0.3 is 0 Å². The van der Waals surface area contributed by atoms with Crippen molar-refractivity contribution in [1.29, 1.82) is 5.26 Å². The third-order valence-corrected chi connectivity index (χ3v) is 6.88. The molecule has 0 bridgehead atoms. The zero-order chi connectivity index (χ0) is 22.6. The van der Waals surface area contributed by atoms with Gasteiger partial charge in [-0.2, -0.15) is 5.26 Å². The molecule has 1 aromatic heterocycles. The molecule has 10 heteroatoms. The van der Waals surface area contributed by atoms with Crippen LogP contribution in [0.25, 0.3) is 0 Å². The van der Waals surface area contributed by atoms with Crippen molar-refractivity contribution in [2.45, 2.75) is 38.7 Å². The Labute approximate surface area is 186 Å². The SMILES string of the molecule is COC1CCCC(CN(c2ccc(C#N)cc2)c2nc(C(=O)NS(C)(=O)=O)c(C)s2)C1. The Bertz CT molecular complexity index is 1070. The number of nitrogens with zero attached hydrogens (tertiary/aromatic N) is 3. The number of anilines is 2. The number of nitrogens with one attached hydrogen (secondary N) is 1. The quantitative estimate of drug-likeness (QED) is 0.671. The maximum absolute atomic E-state index is 12.4. The molecule has 2 aromatic rings. The minimum Gasteiger partial charge on any atom is -0.381 e. The molecule has 2 unspecified atom stereocenters. The normalized spacial score (nSPS) is 18.9. The summed E-state index contributed by atoms with van der Waals surface area (Å²) in [4.78, 5) is 19.6. The van der Waals surface area contributed by atoms with Crippen molar-refractivity contribution in [2.75, 3.05) is 24.8 Å². The third-order valence-electron chi connectivity index (χ3n) is 5.33. The highest BCUT2D eigenvalue weighted by Crippen LogP contribution is 2.35. The molecular formula is C21H26N4O4S2.